The summed E-state index contributed by atoms with van der Waals surface area (Å²) in [5.74, 6) is 1.98. The van der Waals surface area contributed by atoms with Gasteiger partial charge in [-0.05, 0) is 37.8 Å². The van der Waals surface area contributed by atoms with Crippen LogP contribution in [0, 0.1) is 6.92 Å². The number of aryl methyl sites for hydroxylation is 2. The van der Waals surface area contributed by atoms with Crippen molar-refractivity contribution < 1.29 is 9.84 Å². The van der Waals surface area contributed by atoms with E-state index >= 15 is 0 Å². The van der Waals surface area contributed by atoms with Crippen LogP contribution < -0.4 is 4.74 Å². The van der Waals surface area contributed by atoms with Gasteiger partial charge in [0, 0.05) is 11.6 Å². The average Bonchev–Trinajstić information content (AvgIpc) is 2.83. The number of hydrogen-bond donors (Lipinski definition) is 1. The van der Waals surface area contributed by atoms with E-state index in [4.69, 9.17) is 4.74 Å². The molecule has 0 spiro atoms. The number of hydrogen-bond acceptors (Lipinski definition) is 5. The molecule has 0 aliphatic heterocycles. The number of aromatic hydroxyl groups is 1. The number of benzene rings is 2. The molecule has 0 atom stereocenters. The van der Waals surface area contributed by atoms with E-state index in [1.165, 1.54) is 50.4 Å². The van der Waals surface area contributed by atoms with Gasteiger partial charge >= 0.3 is 0 Å². The van der Waals surface area contributed by atoms with Gasteiger partial charge in [0.25, 0.3) is 0 Å². The Hall–Kier alpha value is -2.95. The van der Waals surface area contributed by atoms with Crippen molar-refractivity contribution in [1.82, 2.24) is 15.0 Å². The van der Waals surface area contributed by atoms with Gasteiger partial charge in [-0.2, -0.15) is 0 Å². The van der Waals surface area contributed by atoms with Crippen LogP contribution >= 0.6 is 0 Å². The highest BCUT2D eigenvalue weighted by Gasteiger charge is 2.15. The minimum absolute atomic E-state index is 0.136. The van der Waals surface area contributed by atoms with Crippen molar-refractivity contribution in [2.75, 3.05) is 6.61 Å². The van der Waals surface area contributed by atoms with E-state index in [1.807, 2.05) is 30.3 Å². The molecule has 1 heterocycles. The maximum atomic E-state index is 10.8. The lowest BCUT2D eigenvalue weighted by atomic mass is 10.0. The third-order valence-corrected chi connectivity index (χ3v) is 5.86. The zero-order valence-corrected chi connectivity index (χ0v) is 20.3. The number of phenols is 1. The number of nitrogens with zero attached hydrogens (tertiary/aromatic N) is 3. The first-order valence-electron chi connectivity index (χ1n) is 12.4. The molecular formula is C28H37N3O2. The molecular weight excluding hydrogens is 410 g/mol. The van der Waals surface area contributed by atoms with Crippen molar-refractivity contribution in [2.24, 2.45) is 0 Å². The summed E-state index contributed by atoms with van der Waals surface area (Å²) in [4.78, 5) is 13.4. The predicted molar refractivity (Wildman–Crippen MR) is 135 cm³/mol. The van der Waals surface area contributed by atoms with Gasteiger partial charge in [-0.1, -0.05) is 82.2 Å². The number of unbranched alkanes of at least 4 members (excludes halogenated alkanes) is 6. The predicted octanol–water partition coefficient (Wildman–Crippen LogP) is 7.30. The van der Waals surface area contributed by atoms with Crippen molar-refractivity contribution in [3.8, 4) is 34.3 Å². The molecule has 33 heavy (non-hydrogen) atoms. The lowest BCUT2D eigenvalue weighted by Gasteiger charge is -2.15. The maximum absolute atomic E-state index is 10.8. The van der Waals surface area contributed by atoms with Crippen LogP contribution in [0.3, 0.4) is 0 Å². The van der Waals surface area contributed by atoms with Gasteiger partial charge in [0.15, 0.2) is 11.6 Å². The smallest absolute Gasteiger partial charge is 0.167 e. The molecule has 3 rings (SSSR count). The summed E-state index contributed by atoms with van der Waals surface area (Å²) in [5.41, 5.74) is 3.83. The molecule has 1 aromatic heterocycles. The van der Waals surface area contributed by atoms with Crippen LogP contribution in [0.25, 0.3) is 22.8 Å². The fraction of sp³-hybridized carbons (Fsp3) is 0.464. The molecule has 176 valence electrons. The number of rotatable bonds is 13. The first-order valence-corrected chi connectivity index (χ1v) is 12.4. The van der Waals surface area contributed by atoms with Crippen LogP contribution in [0.5, 0.6) is 11.5 Å². The fourth-order valence-corrected chi connectivity index (χ4v) is 3.84. The molecule has 0 aliphatic carbocycles. The molecule has 0 amide bonds. The Balaban J connectivity index is 1.86. The second kappa shape index (κ2) is 12.9. The van der Waals surface area contributed by atoms with E-state index in [0.29, 0.717) is 23.8 Å². The molecule has 1 N–H and O–H groups in total. The van der Waals surface area contributed by atoms with Gasteiger partial charge in [0.2, 0.25) is 0 Å². The Labute approximate surface area is 198 Å². The minimum Gasteiger partial charge on any atom is -0.507 e. The molecule has 0 fully saturated rings. The van der Waals surface area contributed by atoms with Crippen molar-refractivity contribution in [1.29, 1.82) is 0 Å². The summed E-state index contributed by atoms with van der Waals surface area (Å²) in [5, 5.41) is 10.8. The first-order chi connectivity index (χ1) is 16.1. The topological polar surface area (TPSA) is 68.1 Å². The molecule has 0 saturated heterocycles. The summed E-state index contributed by atoms with van der Waals surface area (Å²) in [6.45, 7) is 7.15. The molecule has 3 aromatic rings. The Bertz CT molecular complexity index is 1000. The molecule has 5 heteroatoms. The molecule has 0 saturated carbocycles. The normalized spacial score (nSPS) is 11.0. The third-order valence-electron chi connectivity index (χ3n) is 5.86. The second-order valence-electron chi connectivity index (χ2n) is 8.70. The molecule has 0 radical (unpaired) electrons. The number of phenolic OH excluding ortho intramolecular Hbond substituents is 1. The highest BCUT2D eigenvalue weighted by molar-refractivity contribution is 5.68. The highest BCUT2D eigenvalue weighted by atomic mass is 16.5. The molecule has 0 bridgehead atoms. The van der Waals surface area contributed by atoms with Gasteiger partial charge in [-0.15, -0.1) is 0 Å². The van der Waals surface area contributed by atoms with E-state index in [0.717, 1.165) is 36.1 Å². The molecule has 0 aliphatic rings. The Kier molecular flexibility index (Phi) is 9.67. The summed E-state index contributed by atoms with van der Waals surface area (Å²) in [6.07, 6.45) is 11.7. The van der Waals surface area contributed by atoms with Gasteiger partial charge in [0.1, 0.15) is 17.8 Å². The lowest BCUT2D eigenvalue weighted by molar-refractivity contribution is 0.300. The maximum Gasteiger partial charge on any atom is 0.167 e. The first kappa shape index (κ1) is 24.7. The van der Waals surface area contributed by atoms with Crippen molar-refractivity contribution in [3.63, 3.8) is 0 Å². The number of ether oxygens (including phenoxy) is 1. The monoisotopic (exact) mass is 447 g/mol. The third kappa shape index (κ3) is 7.28. The highest BCUT2D eigenvalue weighted by Crippen LogP contribution is 2.35. The Morgan fingerprint density at radius 3 is 2.24 bits per heavy atom. The van der Waals surface area contributed by atoms with Crippen molar-refractivity contribution in [2.45, 2.75) is 78.6 Å². The second-order valence-corrected chi connectivity index (χ2v) is 8.70. The minimum atomic E-state index is 0.136. The summed E-state index contributed by atoms with van der Waals surface area (Å²) < 4.78 is 6.10. The Morgan fingerprint density at radius 1 is 0.818 bits per heavy atom. The van der Waals surface area contributed by atoms with Crippen molar-refractivity contribution >= 4 is 0 Å². The van der Waals surface area contributed by atoms with Gasteiger partial charge < -0.3 is 9.84 Å². The van der Waals surface area contributed by atoms with Crippen LogP contribution in [0.1, 0.15) is 76.3 Å². The quantitative estimate of drug-likeness (QED) is 0.278. The zero-order chi connectivity index (χ0) is 23.5. The summed E-state index contributed by atoms with van der Waals surface area (Å²) in [6, 6.07) is 11.8. The van der Waals surface area contributed by atoms with Gasteiger partial charge in [-0.3, -0.25) is 0 Å². The fourth-order valence-electron chi connectivity index (χ4n) is 3.84. The van der Waals surface area contributed by atoms with Crippen molar-refractivity contribution in [3.05, 3.63) is 53.9 Å². The molecule has 0 unspecified atom stereocenters. The van der Waals surface area contributed by atoms with E-state index in [9.17, 15) is 5.11 Å². The number of aromatic nitrogens is 3. The lowest BCUT2D eigenvalue weighted by Crippen LogP contribution is -2.02. The van der Waals surface area contributed by atoms with Crippen LogP contribution in [-0.2, 0) is 6.42 Å². The molecule has 2 aromatic carbocycles. The summed E-state index contributed by atoms with van der Waals surface area (Å²) >= 11 is 0. The average molecular weight is 448 g/mol. The van der Waals surface area contributed by atoms with E-state index < -0.39 is 0 Å². The Morgan fingerprint density at radius 2 is 1.52 bits per heavy atom. The van der Waals surface area contributed by atoms with Gasteiger partial charge in [-0.25, -0.2) is 15.0 Å². The standard InChI is InChI=1S/C28H37N3O2/c1-4-6-8-10-12-23-18-24(25(32)19-26(23)33-17-11-9-7-5-2)28-30-20-29-27(31-28)22-15-13-21(3)14-16-22/h13-16,18-20,32H,4-12,17H2,1-3H3. The van der Waals surface area contributed by atoms with Crippen LogP contribution in [0.4, 0.5) is 0 Å². The van der Waals surface area contributed by atoms with E-state index in [1.54, 1.807) is 6.07 Å². The van der Waals surface area contributed by atoms with Gasteiger partial charge in [0.05, 0.1) is 12.2 Å². The van der Waals surface area contributed by atoms with Crippen LogP contribution in [0.15, 0.2) is 42.7 Å². The molecule has 5 nitrogen and oxygen atoms in total. The van der Waals surface area contributed by atoms with Crippen LogP contribution in [0.2, 0.25) is 0 Å². The van der Waals surface area contributed by atoms with E-state index in [-0.39, 0.29) is 5.75 Å². The largest absolute Gasteiger partial charge is 0.507 e. The zero-order valence-electron chi connectivity index (χ0n) is 20.3. The van der Waals surface area contributed by atoms with Crippen LogP contribution in [-0.4, -0.2) is 26.7 Å². The van der Waals surface area contributed by atoms with E-state index in [2.05, 4.69) is 35.7 Å². The SMILES string of the molecule is CCCCCCOc1cc(O)c(-c2ncnc(-c3ccc(C)cc3)n2)cc1CCCCCC. The summed E-state index contributed by atoms with van der Waals surface area (Å²) in [7, 11) is 0.